The van der Waals surface area contributed by atoms with Crippen molar-refractivity contribution in [3.05, 3.63) is 64.8 Å². The molecule has 0 saturated carbocycles. The molecule has 106 valence electrons. The molecule has 0 aliphatic carbocycles. The average molecular weight is 301 g/mol. The number of nitrogen functional groups attached to an aromatic ring is 1. The number of rotatable bonds is 3. The van der Waals surface area contributed by atoms with E-state index in [1.165, 1.54) is 0 Å². The highest BCUT2D eigenvalue weighted by Crippen LogP contribution is 2.19. The van der Waals surface area contributed by atoms with Gasteiger partial charge in [0.15, 0.2) is 0 Å². The van der Waals surface area contributed by atoms with E-state index < -0.39 is 5.97 Å². The summed E-state index contributed by atoms with van der Waals surface area (Å²) in [7, 11) is 0. The first kappa shape index (κ1) is 13.5. The molecule has 0 saturated heterocycles. The van der Waals surface area contributed by atoms with Gasteiger partial charge in [0.05, 0.1) is 0 Å². The number of halogens is 1. The highest BCUT2D eigenvalue weighted by atomic mass is 35.5. The lowest BCUT2D eigenvalue weighted by atomic mass is 10.2. The fourth-order valence-corrected chi connectivity index (χ4v) is 2.33. The Labute approximate surface area is 126 Å². The van der Waals surface area contributed by atoms with Gasteiger partial charge >= 0.3 is 5.97 Å². The van der Waals surface area contributed by atoms with Crippen molar-refractivity contribution >= 4 is 34.2 Å². The zero-order valence-electron chi connectivity index (χ0n) is 11.1. The van der Waals surface area contributed by atoms with E-state index in [4.69, 9.17) is 22.1 Å². The molecule has 1 aromatic heterocycles. The minimum absolute atomic E-state index is 0.177. The number of hydrogen-bond acceptors (Lipinski definition) is 3. The molecular formula is C16H13ClN2O2. The zero-order chi connectivity index (χ0) is 14.8. The molecule has 21 heavy (non-hydrogen) atoms. The molecule has 3 aromatic rings. The van der Waals surface area contributed by atoms with Crippen molar-refractivity contribution < 1.29 is 9.53 Å². The Hall–Kier alpha value is -2.46. The van der Waals surface area contributed by atoms with Crippen molar-refractivity contribution in [3.8, 4) is 0 Å². The fourth-order valence-electron chi connectivity index (χ4n) is 2.11. The van der Waals surface area contributed by atoms with E-state index in [0.717, 1.165) is 16.5 Å². The zero-order valence-corrected chi connectivity index (χ0v) is 11.9. The first-order chi connectivity index (χ1) is 10.1. The SMILES string of the molecule is Nc1ccc2[nH]c(C(=O)OCc3cccc(Cl)c3)cc2c1. The van der Waals surface area contributed by atoms with Gasteiger partial charge in [-0.05, 0) is 42.0 Å². The smallest absolute Gasteiger partial charge is 0.355 e. The van der Waals surface area contributed by atoms with Crippen LogP contribution in [0.1, 0.15) is 16.1 Å². The second-order valence-corrected chi connectivity index (χ2v) is 5.17. The van der Waals surface area contributed by atoms with Crippen LogP contribution in [0, 0.1) is 0 Å². The van der Waals surface area contributed by atoms with Crippen molar-refractivity contribution in [1.82, 2.24) is 4.98 Å². The predicted molar refractivity (Wildman–Crippen MR) is 83.3 cm³/mol. The third-order valence-corrected chi connectivity index (χ3v) is 3.36. The summed E-state index contributed by atoms with van der Waals surface area (Å²) in [6, 6.07) is 14.3. The lowest BCUT2D eigenvalue weighted by Gasteiger charge is -2.03. The molecule has 3 rings (SSSR count). The van der Waals surface area contributed by atoms with Crippen molar-refractivity contribution in [2.45, 2.75) is 6.61 Å². The minimum atomic E-state index is -0.412. The van der Waals surface area contributed by atoms with Crippen molar-refractivity contribution in [3.63, 3.8) is 0 Å². The molecule has 5 heteroatoms. The maximum absolute atomic E-state index is 12.0. The Balaban J connectivity index is 1.74. The summed E-state index contributed by atoms with van der Waals surface area (Å²) in [6.45, 7) is 0.177. The number of ether oxygens (including phenoxy) is 1. The third kappa shape index (κ3) is 3.01. The van der Waals surface area contributed by atoms with Gasteiger partial charge in [0.25, 0.3) is 0 Å². The van der Waals surface area contributed by atoms with Crippen LogP contribution in [0.15, 0.2) is 48.5 Å². The number of carbonyl (C=O) groups is 1. The van der Waals surface area contributed by atoms with Crippen molar-refractivity contribution in [2.75, 3.05) is 5.73 Å². The second kappa shape index (κ2) is 5.50. The molecule has 1 heterocycles. The Kier molecular flexibility index (Phi) is 3.54. The molecular weight excluding hydrogens is 288 g/mol. The van der Waals surface area contributed by atoms with Gasteiger partial charge in [-0.1, -0.05) is 23.7 Å². The number of nitrogens with one attached hydrogen (secondary N) is 1. The molecule has 0 radical (unpaired) electrons. The molecule has 0 atom stereocenters. The van der Waals surface area contributed by atoms with E-state index >= 15 is 0 Å². The molecule has 3 N–H and O–H groups in total. The maximum Gasteiger partial charge on any atom is 0.355 e. The Morgan fingerprint density at radius 2 is 2.05 bits per heavy atom. The number of aromatic amines is 1. The summed E-state index contributed by atoms with van der Waals surface area (Å²) in [6.07, 6.45) is 0. The first-order valence-electron chi connectivity index (χ1n) is 6.41. The van der Waals surface area contributed by atoms with E-state index in [9.17, 15) is 4.79 Å². The van der Waals surface area contributed by atoms with Crippen LogP contribution in [0.3, 0.4) is 0 Å². The highest BCUT2D eigenvalue weighted by molar-refractivity contribution is 6.30. The van der Waals surface area contributed by atoms with Gasteiger partial charge in [0.2, 0.25) is 0 Å². The number of nitrogens with two attached hydrogens (primary N) is 1. The monoisotopic (exact) mass is 300 g/mol. The Morgan fingerprint density at radius 1 is 1.19 bits per heavy atom. The van der Waals surface area contributed by atoms with Crippen LogP contribution < -0.4 is 5.73 Å². The van der Waals surface area contributed by atoms with Gasteiger partial charge in [0, 0.05) is 21.6 Å². The molecule has 0 aliphatic heterocycles. The number of carbonyl (C=O) groups excluding carboxylic acids is 1. The number of anilines is 1. The quantitative estimate of drug-likeness (QED) is 0.571. The van der Waals surface area contributed by atoms with Crippen LogP contribution in [-0.4, -0.2) is 11.0 Å². The summed E-state index contributed by atoms with van der Waals surface area (Å²) >= 11 is 5.89. The van der Waals surface area contributed by atoms with Gasteiger partial charge in [0.1, 0.15) is 12.3 Å². The Morgan fingerprint density at radius 3 is 2.86 bits per heavy atom. The average Bonchev–Trinajstić information content (AvgIpc) is 2.88. The molecule has 2 aromatic carbocycles. The van der Waals surface area contributed by atoms with Crippen LogP contribution in [0.4, 0.5) is 5.69 Å². The van der Waals surface area contributed by atoms with E-state index in [1.54, 1.807) is 30.3 Å². The summed E-state index contributed by atoms with van der Waals surface area (Å²) in [5.74, 6) is -0.412. The number of esters is 1. The van der Waals surface area contributed by atoms with Gasteiger partial charge in [-0.15, -0.1) is 0 Å². The van der Waals surface area contributed by atoms with Crippen LogP contribution >= 0.6 is 11.6 Å². The number of H-pyrrole nitrogens is 1. The van der Waals surface area contributed by atoms with Crippen LogP contribution in [0.2, 0.25) is 5.02 Å². The molecule has 4 nitrogen and oxygen atoms in total. The van der Waals surface area contributed by atoms with E-state index in [2.05, 4.69) is 4.98 Å². The van der Waals surface area contributed by atoms with Crippen molar-refractivity contribution in [2.24, 2.45) is 0 Å². The van der Waals surface area contributed by atoms with E-state index in [-0.39, 0.29) is 6.61 Å². The number of benzene rings is 2. The van der Waals surface area contributed by atoms with E-state index in [0.29, 0.717) is 16.4 Å². The fraction of sp³-hybridized carbons (Fsp3) is 0.0625. The standard InChI is InChI=1S/C16H13ClN2O2/c17-12-3-1-2-10(6-12)9-21-16(20)15-8-11-7-13(18)4-5-14(11)19-15/h1-8,19H,9,18H2. The number of fused-ring (bicyclic) bond motifs is 1. The minimum Gasteiger partial charge on any atom is -0.456 e. The topological polar surface area (TPSA) is 68.1 Å². The number of aromatic nitrogens is 1. The van der Waals surface area contributed by atoms with Crippen LogP contribution in [0.5, 0.6) is 0 Å². The molecule has 0 unspecified atom stereocenters. The summed E-state index contributed by atoms with van der Waals surface area (Å²) in [5, 5.41) is 1.49. The van der Waals surface area contributed by atoms with Crippen molar-refractivity contribution in [1.29, 1.82) is 0 Å². The number of hydrogen-bond donors (Lipinski definition) is 2. The summed E-state index contributed by atoms with van der Waals surface area (Å²) in [5.41, 5.74) is 8.46. The molecule has 0 aliphatic rings. The van der Waals surface area contributed by atoms with Gasteiger partial charge < -0.3 is 15.5 Å². The van der Waals surface area contributed by atoms with Gasteiger partial charge in [-0.3, -0.25) is 0 Å². The van der Waals surface area contributed by atoms with E-state index in [1.807, 2.05) is 18.2 Å². The highest BCUT2D eigenvalue weighted by Gasteiger charge is 2.11. The normalized spacial score (nSPS) is 10.7. The lowest BCUT2D eigenvalue weighted by Crippen LogP contribution is -2.05. The summed E-state index contributed by atoms with van der Waals surface area (Å²) in [4.78, 5) is 15.1. The van der Waals surface area contributed by atoms with Crippen LogP contribution in [0.25, 0.3) is 10.9 Å². The largest absolute Gasteiger partial charge is 0.456 e. The predicted octanol–water partition coefficient (Wildman–Crippen LogP) is 3.76. The Bertz CT molecular complexity index is 811. The maximum atomic E-state index is 12.0. The molecule has 0 spiro atoms. The molecule has 0 fully saturated rings. The summed E-state index contributed by atoms with van der Waals surface area (Å²) < 4.78 is 5.27. The van der Waals surface area contributed by atoms with Crippen LogP contribution in [-0.2, 0) is 11.3 Å². The second-order valence-electron chi connectivity index (χ2n) is 4.74. The lowest BCUT2D eigenvalue weighted by molar-refractivity contribution is 0.0467. The molecule has 0 bridgehead atoms. The van der Waals surface area contributed by atoms with Gasteiger partial charge in [-0.25, -0.2) is 4.79 Å². The molecule has 0 amide bonds. The third-order valence-electron chi connectivity index (χ3n) is 3.12. The first-order valence-corrected chi connectivity index (χ1v) is 6.79. The van der Waals surface area contributed by atoms with Gasteiger partial charge in [-0.2, -0.15) is 0 Å².